The third-order valence-corrected chi connectivity index (χ3v) is 3.06. The third-order valence-electron chi connectivity index (χ3n) is 3.06. The van der Waals surface area contributed by atoms with E-state index < -0.39 is 0 Å². The van der Waals surface area contributed by atoms with Gasteiger partial charge in [-0.25, -0.2) is 0 Å². The maximum Gasteiger partial charge on any atom is 0.234 e. The normalized spacial score (nSPS) is 11.3. The number of hydrogen-bond acceptors (Lipinski definition) is 4. The van der Waals surface area contributed by atoms with E-state index in [0.717, 1.165) is 5.39 Å². The second kappa shape index (κ2) is 6.54. The molecule has 0 aliphatic rings. The molecule has 21 heavy (non-hydrogen) atoms. The zero-order chi connectivity index (χ0) is 15.4. The second-order valence-electron chi connectivity index (χ2n) is 5.46. The highest BCUT2D eigenvalue weighted by molar-refractivity contribution is 6.08. The van der Waals surface area contributed by atoms with E-state index in [1.165, 1.54) is 6.26 Å². The first-order valence-corrected chi connectivity index (χ1v) is 6.94. The number of rotatable bonds is 6. The molecule has 1 N–H and O–H groups in total. The monoisotopic (exact) mass is 288 g/mol. The van der Waals surface area contributed by atoms with Crippen LogP contribution in [0.1, 0.15) is 24.2 Å². The topological polar surface area (TPSA) is 62.6 Å². The minimum Gasteiger partial charge on any atom is -0.464 e. The smallest absolute Gasteiger partial charge is 0.234 e. The molecule has 0 saturated carbocycles. The van der Waals surface area contributed by atoms with Crippen molar-refractivity contribution in [2.45, 2.75) is 19.9 Å². The van der Waals surface area contributed by atoms with Crippen molar-refractivity contribution in [3.05, 3.63) is 36.1 Å². The van der Waals surface area contributed by atoms with Crippen molar-refractivity contribution < 1.29 is 14.0 Å². The zero-order valence-electron chi connectivity index (χ0n) is 12.6. The molecular weight excluding hydrogens is 268 g/mol. The number of nitrogens with one attached hydrogen (secondary N) is 1. The van der Waals surface area contributed by atoms with Crippen molar-refractivity contribution in [2.24, 2.45) is 0 Å². The molecule has 2 aromatic rings. The van der Waals surface area contributed by atoms with Crippen LogP contribution in [0.4, 0.5) is 0 Å². The Morgan fingerprint density at radius 3 is 2.67 bits per heavy atom. The minimum atomic E-state index is -0.0858. The number of benzene rings is 1. The summed E-state index contributed by atoms with van der Waals surface area (Å²) >= 11 is 0. The van der Waals surface area contributed by atoms with Gasteiger partial charge in [0.1, 0.15) is 11.8 Å². The molecule has 0 fully saturated rings. The van der Waals surface area contributed by atoms with Crippen LogP contribution < -0.4 is 5.32 Å². The lowest BCUT2D eigenvalue weighted by atomic mass is 10.1. The van der Waals surface area contributed by atoms with Gasteiger partial charge in [0.15, 0.2) is 5.78 Å². The number of ketones is 1. The number of nitrogens with zero attached hydrogens (tertiary/aromatic N) is 1. The van der Waals surface area contributed by atoms with Crippen molar-refractivity contribution in [1.29, 1.82) is 0 Å². The van der Waals surface area contributed by atoms with Crippen molar-refractivity contribution >= 4 is 22.7 Å². The largest absolute Gasteiger partial charge is 0.464 e. The van der Waals surface area contributed by atoms with Crippen molar-refractivity contribution in [2.75, 3.05) is 20.1 Å². The number of para-hydroxylation sites is 1. The summed E-state index contributed by atoms with van der Waals surface area (Å²) in [6.45, 7) is 4.18. The fourth-order valence-corrected chi connectivity index (χ4v) is 2.19. The molecule has 2 rings (SSSR count). The summed E-state index contributed by atoms with van der Waals surface area (Å²) in [7, 11) is 1.75. The Morgan fingerprint density at radius 1 is 1.24 bits per heavy atom. The van der Waals surface area contributed by atoms with Gasteiger partial charge in [-0.3, -0.25) is 14.5 Å². The minimum absolute atomic E-state index is 0.0557. The van der Waals surface area contributed by atoms with Gasteiger partial charge in [0, 0.05) is 11.4 Å². The molecule has 0 saturated heterocycles. The average Bonchev–Trinajstić information content (AvgIpc) is 2.80. The summed E-state index contributed by atoms with van der Waals surface area (Å²) in [4.78, 5) is 25.7. The molecule has 1 heterocycles. The van der Waals surface area contributed by atoms with Crippen LogP contribution in [-0.4, -0.2) is 42.8 Å². The van der Waals surface area contributed by atoms with Gasteiger partial charge in [-0.1, -0.05) is 18.2 Å². The Labute approximate surface area is 123 Å². The lowest BCUT2D eigenvalue weighted by Crippen LogP contribution is -2.40. The molecule has 0 bridgehead atoms. The molecule has 1 amide bonds. The molecule has 0 radical (unpaired) electrons. The maximum atomic E-state index is 12.3. The molecule has 5 nitrogen and oxygen atoms in total. The summed E-state index contributed by atoms with van der Waals surface area (Å²) in [6, 6.07) is 7.51. The van der Waals surface area contributed by atoms with Gasteiger partial charge in [-0.15, -0.1) is 0 Å². The van der Waals surface area contributed by atoms with Gasteiger partial charge in [0.05, 0.1) is 18.7 Å². The van der Waals surface area contributed by atoms with E-state index in [4.69, 9.17) is 4.42 Å². The van der Waals surface area contributed by atoms with Crippen LogP contribution in [0.2, 0.25) is 0 Å². The van der Waals surface area contributed by atoms with E-state index in [9.17, 15) is 9.59 Å². The highest BCUT2D eigenvalue weighted by Gasteiger charge is 2.16. The highest BCUT2D eigenvalue weighted by Crippen LogP contribution is 2.21. The van der Waals surface area contributed by atoms with Gasteiger partial charge in [0.25, 0.3) is 0 Å². The number of furan rings is 1. The zero-order valence-corrected chi connectivity index (χ0v) is 12.6. The van der Waals surface area contributed by atoms with Crippen molar-refractivity contribution in [3.8, 4) is 0 Å². The fraction of sp³-hybridized carbons (Fsp3) is 0.375. The number of likely N-dealkylation sites (N-methyl/N-ethyl adjacent to an activating group) is 1. The maximum absolute atomic E-state index is 12.3. The molecule has 5 heteroatoms. The van der Waals surface area contributed by atoms with Crippen LogP contribution in [0.5, 0.6) is 0 Å². The number of Topliss-reactive ketones (excluding diaryl/α,β-unsaturated/α-hetero) is 1. The van der Waals surface area contributed by atoms with E-state index >= 15 is 0 Å². The summed E-state index contributed by atoms with van der Waals surface area (Å²) in [5, 5.41) is 3.61. The molecule has 0 unspecified atom stereocenters. The number of amides is 1. The highest BCUT2D eigenvalue weighted by atomic mass is 16.3. The Bertz CT molecular complexity index is 646. The Kier molecular flexibility index (Phi) is 4.75. The van der Waals surface area contributed by atoms with E-state index in [-0.39, 0.29) is 30.8 Å². The van der Waals surface area contributed by atoms with Crippen LogP contribution in [0.25, 0.3) is 11.0 Å². The average molecular weight is 288 g/mol. The van der Waals surface area contributed by atoms with Crippen molar-refractivity contribution in [3.63, 3.8) is 0 Å². The molecule has 0 spiro atoms. The Morgan fingerprint density at radius 2 is 1.95 bits per heavy atom. The van der Waals surface area contributed by atoms with Crippen molar-refractivity contribution in [1.82, 2.24) is 10.2 Å². The summed E-state index contributed by atoms with van der Waals surface area (Å²) in [6.07, 6.45) is 1.48. The standard InChI is InChI=1S/C16H20N2O3/c1-11(2)17-16(20)9-18(3)8-14(19)13-10-21-15-7-5-4-6-12(13)15/h4-7,10-11H,8-9H2,1-3H3,(H,17,20). The molecule has 1 aromatic heterocycles. The first kappa shape index (κ1) is 15.3. The second-order valence-corrected chi connectivity index (χ2v) is 5.46. The molecule has 112 valence electrons. The Hall–Kier alpha value is -2.14. The van der Waals surface area contributed by atoms with Gasteiger partial charge in [-0.2, -0.15) is 0 Å². The quantitative estimate of drug-likeness (QED) is 0.827. The first-order valence-electron chi connectivity index (χ1n) is 6.94. The van der Waals surface area contributed by atoms with Crippen LogP contribution >= 0.6 is 0 Å². The predicted molar refractivity (Wildman–Crippen MR) is 81.3 cm³/mol. The lowest BCUT2D eigenvalue weighted by Gasteiger charge is -2.16. The molecule has 0 aliphatic carbocycles. The van der Waals surface area contributed by atoms with Crippen LogP contribution in [0.15, 0.2) is 34.9 Å². The van der Waals surface area contributed by atoms with E-state index in [1.54, 1.807) is 11.9 Å². The van der Waals surface area contributed by atoms with E-state index in [2.05, 4.69) is 5.32 Å². The molecule has 0 atom stereocenters. The van der Waals surface area contributed by atoms with Crippen LogP contribution in [0.3, 0.4) is 0 Å². The van der Waals surface area contributed by atoms with Crippen LogP contribution in [-0.2, 0) is 4.79 Å². The number of fused-ring (bicyclic) bond motifs is 1. The summed E-state index contributed by atoms with van der Waals surface area (Å²) in [5.74, 6) is -0.142. The molecule has 0 aliphatic heterocycles. The van der Waals surface area contributed by atoms with E-state index in [0.29, 0.717) is 11.1 Å². The van der Waals surface area contributed by atoms with Gasteiger partial charge in [-0.05, 0) is 27.0 Å². The number of hydrogen-bond donors (Lipinski definition) is 1. The van der Waals surface area contributed by atoms with Gasteiger partial charge in [0.2, 0.25) is 5.91 Å². The van der Waals surface area contributed by atoms with Gasteiger partial charge >= 0.3 is 0 Å². The third kappa shape index (κ3) is 3.92. The first-order chi connectivity index (χ1) is 9.97. The van der Waals surface area contributed by atoms with Crippen LogP contribution in [0, 0.1) is 0 Å². The summed E-state index contributed by atoms with van der Waals surface area (Å²) in [5.41, 5.74) is 1.25. The SMILES string of the molecule is CC(C)NC(=O)CN(C)CC(=O)c1coc2ccccc12. The van der Waals surface area contributed by atoms with E-state index in [1.807, 2.05) is 38.1 Å². The number of carbonyl (C=O) groups excluding carboxylic acids is 2. The number of carbonyl (C=O) groups is 2. The fourth-order valence-electron chi connectivity index (χ4n) is 2.19. The Balaban J connectivity index is 1.99. The summed E-state index contributed by atoms with van der Waals surface area (Å²) < 4.78 is 5.37. The molecule has 1 aromatic carbocycles. The predicted octanol–water partition coefficient (Wildman–Crippen LogP) is 2.07. The van der Waals surface area contributed by atoms with Gasteiger partial charge < -0.3 is 9.73 Å². The molecular formula is C16H20N2O3. The lowest BCUT2D eigenvalue weighted by molar-refractivity contribution is -0.122.